The van der Waals surface area contributed by atoms with Crippen molar-refractivity contribution < 1.29 is 23.5 Å². The zero-order chi connectivity index (χ0) is 14.0. The number of aromatic carboxylic acids is 1. The molecule has 1 amide bonds. The molecule has 0 atom stereocenters. The molecule has 0 fully saturated rings. The molecule has 19 heavy (non-hydrogen) atoms. The van der Waals surface area contributed by atoms with Crippen molar-refractivity contribution in [2.75, 3.05) is 11.9 Å². The van der Waals surface area contributed by atoms with Gasteiger partial charge in [0, 0.05) is 18.8 Å². The van der Waals surface area contributed by atoms with Crippen LogP contribution in [0, 0.1) is 5.82 Å². The fourth-order valence-electron chi connectivity index (χ4n) is 1.53. The smallest absolute Gasteiger partial charge is 0.338 e. The van der Waals surface area contributed by atoms with Gasteiger partial charge in [-0.1, -0.05) is 6.07 Å². The third-order valence-electron chi connectivity index (χ3n) is 2.56. The van der Waals surface area contributed by atoms with Gasteiger partial charge in [-0.2, -0.15) is 0 Å². The molecule has 0 radical (unpaired) electrons. The molecule has 0 aliphatic heterocycles. The first-order chi connectivity index (χ1) is 8.99. The normalized spacial score (nSPS) is 10.2. The lowest BCUT2D eigenvalue weighted by Gasteiger charge is -2.15. The minimum atomic E-state index is -1.18. The van der Waals surface area contributed by atoms with E-state index in [9.17, 15) is 14.0 Å². The molecule has 1 aromatic carbocycles. The van der Waals surface area contributed by atoms with Crippen molar-refractivity contribution in [1.82, 2.24) is 0 Å². The van der Waals surface area contributed by atoms with Crippen LogP contribution in [0.2, 0.25) is 0 Å². The largest absolute Gasteiger partial charge is 0.478 e. The molecule has 0 unspecified atom stereocenters. The number of anilines is 1. The van der Waals surface area contributed by atoms with E-state index in [1.165, 1.54) is 30.1 Å². The standard InChI is InChI=1S/C13H10FNO4/c1-15(10-4-2-3-9(14)6-10)12(16)11-5-8(7-19-11)13(17)18/h2-7H,1H3,(H,17,18). The van der Waals surface area contributed by atoms with E-state index in [1.807, 2.05) is 0 Å². The van der Waals surface area contributed by atoms with Crippen LogP contribution in [-0.4, -0.2) is 24.0 Å². The molecule has 1 N–H and O–H groups in total. The Morgan fingerprint density at radius 3 is 2.63 bits per heavy atom. The first kappa shape index (κ1) is 12.8. The number of furan rings is 1. The number of amides is 1. The average Bonchev–Trinajstić information content (AvgIpc) is 2.86. The Bertz CT molecular complexity index is 635. The van der Waals surface area contributed by atoms with Crippen molar-refractivity contribution in [3.8, 4) is 0 Å². The third-order valence-corrected chi connectivity index (χ3v) is 2.56. The molecule has 98 valence electrons. The predicted molar refractivity (Wildman–Crippen MR) is 64.8 cm³/mol. The highest BCUT2D eigenvalue weighted by molar-refractivity contribution is 6.05. The summed E-state index contributed by atoms with van der Waals surface area (Å²) in [5.41, 5.74) is 0.231. The Morgan fingerprint density at radius 2 is 2.05 bits per heavy atom. The summed E-state index contributed by atoms with van der Waals surface area (Å²) >= 11 is 0. The number of nitrogens with zero attached hydrogens (tertiary/aromatic N) is 1. The highest BCUT2D eigenvalue weighted by Crippen LogP contribution is 2.18. The molecule has 2 aromatic rings. The minimum absolute atomic E-state index is 0.115. The van der Waals surface area contributed by atoms with Crippen molar-refractivity contribution >= 4 is 17.6 Å². The van der Waals surface area contributed by atoms with Gasteiger partial charge >= 0.3 is 5.97 Å². The zero-order valence-corrected chi connectivity index (χ0v) is 9.96. The first-order valence-electron chi connectivity index (χ1n) is 5.34. The molecule has 1 heterocycles. The van der Waals surface area contributed by atoms with Crippen molar-refractivity contribution in [3.63, 3.8) is 0 Å². The molecule has 0 saturated heterocycles. The molecule has 0 aliphatic carbocycles. The van der Waals surface area contributed by atoms with Gasteiger partial charge in [0.25, 0.3) is 5.91 Å². The minimum Gasteiger partial charge on any atom is -0.478 e. The fraction of sp³-hybridized carbons (Fsp3) is 0.0769. The lowest BCUT2D eigenvalue weighted by Crippen LogP contribution is -2.25. The van der Waals surface area contributed by atoms with Gasteiger partial charge in [-0.3, -0.25) is 4.79 Å². The monoisotopic (exact) mass is 263 g/mol. The number of hydrogen-bond acceptors (Lipinski definition) is 3. The van der Waals surface area contributed by atoms with E-state index >= 15 is 0 Å². The van der Waals surface area contributed by atoms with Crippen LogP contribution in [-0.2, 0) is 0 Å². The highest BCUT2D eigenvalue weighted by atomic mass is 19.1. The number of carboxylic acid groups (broad SMARTS) is 1. The summed E-state index contributed by atoms with van der Waals surface area (Å²) < 4.78 is 18.0. The molecule has 0 bridgehead atoms. The van der Waals surface area contributed by atoms with E-state index in [-0.39, 0.29) is 11.3 Å². The van der Waals surface area contributed by atoms with Gasteiger partial charge < -0.3 is 14.4 Å². The Balaban J connectivity index is 2.25. The summed E-state index contributed by atoms with van der Waals surface area (Å²) in [6.07, 6.45) is 0.981. The third kappa shape index (κ3) is 2.62. The maximum absolute atomic E-state index is 13.1. The summed E-state index contributed by atoms with van der Waals surface area (Å²) in [6, 6.07) is 6.61. The number of benzene rings is 1. The molecule has 2 rings (SSSR count). The number of carbonyl (C=O) groups is 2. The zero-order valence-electron chi connectivity index (χ0n) is 9.96. The molecular formula is C13H10FNO4. The van der Waals surface area contributed by atoms with Gasteiger partial charge in [0.05, 0.1) is 5.56 Å². The van der Waals surface area contributed by atoms with Crippen LogP contribution < -0.4 is 4.90 Å². The van der Waals surface area contributed by atoms with Gasteiger partial charge in [-0.15, -0.1) is 0 Å². The van der Waals surface area contributed by atoms with Crippen molar-refractivity contribution in [2.45, 2.75) is 0 Å². The first-order valence-corrected chi connectivity index (χ1v) is 5.34. The Labute approximate surface area is 107 Å². The van der Waals surface area contributed by atoms with Gasteiger partial charge in [0.15, 0.2) is 5.76 Å². The van der Waals surface area contributed by atoms with Crippen LogP contribution in [0.5, 0.6) is 0 Å². The summed E-state index contributed by atoms with van der Waals surface area (Å²) in [4.78, 5) is 23.9. The average molecular weight is 263 g/mol. The number of halogens is 1. The Hall–Kier alpha value is -2.63. The fourth-order valence-corrected chi connectivity index (χ4v) is 1.53. The summed E-state index contributed by atoms with van der Waals surface area (Å²) in [7, 11) is 1.44. The summed E-state index contributed by atoms with van der Waals surface area (Å²) in [5, 5.41) is 8.74. The van der Waals surface area contributed by atoms with Crippen LogP contribution in [0.4, 0.5) is 10.1 Å². The number of hydrogen-bond donors (Lipinski definition) is 1. The van der Waals surface area contributed by atoms with E-state index in [2.05, 4.69) is 0 Å². The van der Waals surface area contributed by atoms with Crippen molar-refractivity contribution in [1.29, 1.82) is 0 Å². The topological polar surface area (TPSA) is 70.8 Å². The quantitative estimate of drug-likeness (QED) is 0.923. The maximum atomic E-state index is 13.1. The molecule has 5 nitrogen and oxygen atoms in total. The second-order valence-electron chi connectivity index (χ2n) is 3.85. The number of carbonyl (C=O) groups excluding carboxylic acids is 1. The molecule has 0 saturated carbocycles. The molecule has 0 spiro atoms. The summed E-state index contributed by atoms with van der Waals surface area (Å²) in [6.45, 7) is 0. The number of carboxylic acids is 1. The van der Waals surface area contributed by atoms with Crippen molar-refractivity contribution in [2.24, 2.45) is 0 Å². The van der Waals surface area contributed by atoms with E-state index in [1.54, 1.807) is 6.07 Å². The van der Waals surface area contributed by atoms with Gasteiger partial charge in [0.2, 0.25) is 0 Å². The molecule has 1 aromatic heterocycles. The second-order valence-corrected chi connectivity index (χ2v) is 3.85. The van der Waals surface area contributed by atoms with Gasteiger partial charge in [-0.05, 0) is 18.2 Å². The van der Waals surface area contributed by atoms with Crippen LogP contribution in [0.25, 0.3) is 0 Å². The predicted octanol–water partition coefficient (Wildman–Crippen LogP) is 2.39. The Kier molecular flexibility index (Phi) is 3.33. The lowest BCUT2D eigenvalue weighted by molar-refractivity contribution is 0.0696. The van der Waals surface area contributed by atoms with Crippen LogP contribution in [0.3, 0.4) is 0 Å². The van der Waals surface area contributed by atoms with Crippen LogP contribution >= 0.6 is 0 Å². The summed E-state index contributed by atoms with van der Waals surface area (Å²) in [5.74, 6) is -2.33. The van der Waals surface area contributed by atoms with Crippen molar-refractivity contribution in [3.05, 3.63) is 53.7 Å². The highest BCUT2D eigenvalue weighted by Gasteiger charge is 2.19. The molecule has 6 heteroatoms. The van der Waals surface area contributed by atoms with E-state index in [0.717, 1.165) is 12.3 Å². The van der Waals surface area contributed by atoms with Gasteiger partial charge in [-0.25, -0.2) is 9.18 Å². The second kappa shape index (κ2) is 4.93. The lowest BCUT2D eigenvalue weighted by atomic mass is 10.2. The SMILES string of the molecule is CN(C(=O)c1cc(C(=O)O)co1)c1cccc(F)c1. The van der Waals surface area contributed by atoms with E-state index in [0.29, 0.717) is 5.69 Å². The molecular weight excluding hydrogens is 253 g/mol. The van der Waals surface area contributed by atoms with E-state index in [4.69, 9.17) is 9.52 Å². The molecule has 0 aliphatic rings. The maximum Gasteiger partial charge on any atom is 0.338 e. The van der Waals surface area contributed by atoms with Gasteiger partial charge in [0.1, 0.15) is 12.1 Å². The number of rotatable bonds is 3. The Morgan fingerprint density at radius 1 is 1.32 bits per heavy atom. The van der Waals surface area contributed by atoms with Crippen LogP contribution in [0.15, 0.2) is 41.0 Å². The van der Waals surface area contributed by atoms with E-state index < -0.39 is 17.7 Å². The van der Waals surface area contributed by atoms with Crippen LogP contribution in [0.1, 0.15) is 20.9 Å².